The zero-order chi connectivity index (χ0) is 16.1. The van der Waals surface area contributed by atoms with Gasteiger partial charge in [0.2, 0.25) is 0 Å². The van der Waals surface area contributed by atoms with Gasteiger partial charge < -0.3 is 10.2 Å². The lowest BCUT2D eigenvalue weighted by Crippen LogP contribution is -2.49. The Morgan fingerprint density at radius 3 is 2.75 bits per heavy atom. The van der Waals surface area contributed by atoms with Crippen LogP contribution < -0.4 is 5.32 Å². The molecule has 130 valence electrons. The lowest BCUT2D eigenvalue weighted by atomic mass is 9.73. The molecule has 2 saturated carbocycles. The van der Waals surface area contributed by atoms with Crippen molar-refractivity contribution in [1.82, 2.24) is 4.90 Å². The summed E-state index contributed by atoms with van der Waals surface area (Å²) < 4.78 is 13.8. The van der Waals surface area contributed by atoms with E-state index < -0.39 is 0 Å². The zero-order valence-corrected chi connectivity index (χ0v) is 14.6. The summed E-state index contributed by atoms with van der Waals surface area (Å²) in [5, 5.41) is 3.53. The Bertz CT molecular complexity index is 620. The maximum absolute atomic E-state index is 13.8. The average Bonchev–Trinajstić information content (AvgIpc) is 3.19. The van der Waals surface area contributed by atoms with E-state index in [2.05, 4.69) is 10.2 Å². The third-order valence-corrected chi connectivity index (χ3v) is 7.69. The first-order chi connectivity index (χ1) is 11.8. The summed E-state index contributed by atoms with van der Waals surface area (Å²) in [5.74, 6) is 1.90. The van der Waals surface area contributed by atoms with Crippen molar-refractivity contribution in [2.75, 3.05) is 25.0 Å². The van der Waals surface area contributed by atoms with E-state index >= 15 is 0 Å². The second-order valence-corrected chi connectivity index (χ2v) is 8.71. The van der Waals surface area contributed by atoms with Crippen LogP contribution in [0, 0.1) is 17.7 Å². The molecule has 1 aromatic rings. The fourth-order valence-electron chi connectivity index (χ4n) is 6.35. The maximum Gasteiger partial charge on any atom is 0.123 e. The van der Waals surface area contributed by atoms with Crippen molar-refractivity contribution in [3.63, 3.8) is 0 Å². The minimum Gasteiger partial charge on any atom is -0.384 e. The standard InChI is InChI=1S/C21H29FN2/c22-16-6-7-19-18(13-16)21(14-23-19)9-11-24(12-10-21)20-8-5-15-3-1-2-4-17(15)20/h6-7,13,15,17,20,23H,1-5,8-12,14H2. The van der Waals surface area contributed by atoms with Crippen molar-refractivity contribution in [1.29, 1.82) is 0 Å². The van der Waals surface area contributed by atoms with Gasteiger partial charge in [-0.2, -0.15) is 0 Å². The second-order valence-electron chi connectivity index (χ2n) is 8.71. The van der Waals surface area contributed by atoms with E-state index in [1.54, 1.807) is 12.1 Å². The number of rotatable bonds is 1. The summed E-state index contributed by atoms with van der Waals surface area (Å²) in [6, 6.07) is 6.14. The highest BCUT2D eigenvalue weighted by Crippen LogP contribution is 2.48. The van der Waals surface area contributed by atoms with Crippen molar-refractivity contribution in [2.45, 2.75) is 62.8 Å². The first-order valence-corrected chi connectivity index (χ1v) is 10.0. The molecule has 3 fully saturated rings. The van der Waals surface area contributed by atoms with Crippen LogP contribution in [0.2, 0.25) is 0 Å². The molecule has 0 amide bonds. The molecule has 4 aliphatic rings. The van der Waals surface area contributed by atoms with Crippen LogP contribution >= 0.6 is 0 Å². The van der Waals surface area contributed by atoms with Crippen LogP contribution in [0.3, 0.4) is 0 Å². The molecule has 2 nitrogen and oxygen atoms in total. The summed E-state index contributed by atoms with van der Waals surface area (Å²) in [6.45, 7) is 3.40. The number of benzene rings is 1. The van der Waals surface area contributed by atoms with Crippen LogP contribution in [-0.4, -0.2) is 30.6 Å². The predicted octanol–water partition coefficient (Wildman–Crippen LogP) is 4.55. The molecule has 0 bridgehead atoms. The first kappa shape index (κ1) is 15.2. The number of anilines is 1. The molecule has 2 aliphatic heterocycles. The van der Waals surface area contributed by atoms with E-state index in [-0.39, 0.29) is 11.2 Å². The summed E-state index contributed by atoms with van der Waals surface area (Å²) in [4.78, 5) is 2.80. The van der Waals surface area contributed by atoms with E-state index in [4.69, 9.17) is 0 Å². The van der Waals surface area contributed by atoms with Crippen LogP contribution in [-0.2, 0) is 5.41 Å². The monoisotopic (exact) mass is 328 g/mol. The van der Waals surface area contributed by atoms with Crippen LogP contribution in [0.4, 0.5) is 10.1 Å². The summed E-state index contributed by atoms with van der Waals surface area (Å²) >= 11 is 0. The van der Waals surface area contributed by atoms with E-state index in [1.807, 2.05) is 6.07 Å². The van der Waals surface area contributed by atoms with E-state index in [0.29, 0.717) is 0 Å². The molecule has 2 heterocycles. The second kappa shape index (κ2) is 5.72. The molecule has 5 rings (SSSR count). The normalized spacial score (nSPS) is 34.8. The largest absolute Gasteiger partial charge is 0.384 e. The van der Waals surface area contributed by atoms with Gasteiger partial charge >= 0.3 is 0 Å². The SMILES string of the molecule is Fc1ccc2c(c1)C1(CCN(C3CCC4CCCCC43)CC1)CN2. The first-order valence-electron chi connectivity index (χ1n) is 10.0. The molecule has 1 spiro atoms. The molecule has 1 saturated heterocycles. The Balaban J connectivity index is 1.31. The van der Waals surface area contributed by atoms with Gasteiger partial charge in [-0.05, 0) is 80.8 Å². The van der Waals surface area contributed by atoms with Crippen molar-refractivity contribution in [2.24, 2.45) is 11.8 Å². The molecule has 2 aliphatic carbocycles. The Kier molecular flexibility index (Phi) is 3.62. The van der Waals surface area contributed by atoms with E-state index in [1.165, 1.54) is 70.0 Å². The highest BCUT2D eigenvalue weighted by atomic mass is 19.1. The molecule has 3 unspecified atom stereocenters. The zero-order valence-electron chi connectivity index (χ0n) is 14.6. The van der Waals surface area contributed by atoms with Crippen molar-refractivity contribution in [3.05, 3.63) is 29.6 Å². The Hall–Kier alpha value is -1.09. The predicted molar refractivity (Wildman–Crippen MR) is 95.8 cm³/mol. The quantitative estimate of drug-likeness (QED) is 0.813. The molecule has 24 heavy (non-hydrogen) atoms. The Morgan fingerprint density at radius 1 is 1.04 bits per heavy atom. The van der Waals surface area contributed by atoms with E-state index in [0.717, 1.165) is 30.1 Å². The number of likely N-dealkylation sites (tertiary alicyclic amines) is 1. The number of hydrogen-bond donors (Lipinski definition) is 1. The van der Waals surface area contributed by atoms with Crippen molar-refractivity contribution >= 4 is 5.69 Å². The van der Waals surface area contributed by atoms with Gasteiger partial charge in [0, 0.05) is 23.7 Å². The van der Waals surface area contributed by atoms with Gasteiger partial charge in [0.1, 0.15) is 5.82 Å². The number of fused-ring (bicyclic) bond motifs is 3. The maximum atomic E-state index is 13.8. The highest BCUT2D eigenvalue weighted by molar-refractivity contribution is 5.60. The van der Waals surface area contributed by atoms with Gasteiger partial charge in [0.05, 0.1) is 0 Å². The number of hydrogen-bond acceptors (Lipinski definition) is 2. The lowest BCUT2D eigenvalue weighted by molar-refractivity contribution is 0.0798. The molecular weight excluding hydrogens is 299 g/mol. The summed E-state index contributed by atoms with van der Waals surface area (Å²) in [5.41, 5.74) is 2.58. The Labute approximate surface area is 144 Å². The van der Waals surface area contributed by atoms with Crippen LogP contribution in [0.15, 0.2) is 18.2 Å². The van der Waals surface area contributed by atoms with Crippen LogP contribution in [0.5, 0.6) is 0 Å². The van der Waals surface area contributed by atoms with Crippen molar-refractivity contribution < 1.29 is 4.39 Å². The Morgan fingerprint density at radius 2 is 1.88 bits per heavy atom. The molecule has 3 atom stereocenters. The highest BCUT2D eigenvalue weighted by Gasteiger charge is 2.46. The molecule has 0 aromatic heterocycles. The number of nitrogens with one attached hydrogen (secondary N) is 1. The van der Waals surface area contributed by atoms with Gasteiger partial charge in [-0.15, -0.1) is 0 Å². The van der Waals surface area contributed by atoms with Crippen molar-refractivity contribution in [3.8, 4) is 0 Å². The topological polar surface area (TPSA) is 15.3 Å². The third-order valence-electron chi connectivity index (χ3n) is 7.69. The smallest absolute Gasteiger partial charge is 0.123 e. The fourth-order valence-corrected chi connectivity index (χ4v) is 6.35. The number of nitrogens with zero attached hydrogens (tertiary/aromatic N) is 1. The molecule has 0 radical (unpaired) electrons. The van der Waals surface area contributed by atoms with Gasteiger partial charge in [0.25, 0.3) is 0 Å². The van der Waals surface area contributed by atoms with Gasteiger partial charge in [0.15, 0.2) is 0 Å². The number of piperidine rings is 1. The van der Waals surface area contributed by atoms with Gasteiger partial charge in [-0.1, -0.05) is 19.3 Å². The summed E-state index contributed by atoms with van der Waals surface area (Å²) in [6.07, 6.45) is 11.1. The molecule has 1 N–H and O–H groups in total. The molecule has 1 aromatic carbocycles. The minimum atomic E-state index is -0.0832. The molecule has 3 heteroatoms. The lowest BCUT2D eigenvalue weighted by Gasteiger charge is -2.44. The molecular formula is C21H29FN2. The summed E-state index contributed by atoms with van der Waals surface area (Å²) in [7, 11) is 0. The van der Waals surface area contributed by atoms with Gasteiger partial charge in [-0.3, -0.25) is 0 Å². The average molecular weight is 328 g/mol. The minimum absolute atomic E-state index is 0.0832. The van der Waals surface area contributed by atoms with Crippen LogP contribution in [0.1, 0.15) is 56.9 Å². The third kappa shape index (κ3) is 2.31. The van der Waals surface area contributed by atoms with Crippen LogP contribution in [0.25, 0.3) is 0 Å². The van der Waals surface area contributed by atoms with Gasteiger partial charge in [-0.25, -0.2) is 4.39 Å². The fraction of sp³-hybridized carbons (Fsp3) is 0.714. The number of halogens is 1. The van der Waals surface area contributed by atoms with E-state index in [9.17, 15) is 4.39 Å².